The molecular formula is C10H16N2O4S. The molecule has 1 rings (SSSR count). The highest BCUT2D eigenvalue weighted by Gasteiger charge is 2.16. The summed E-state index contributed by atoms with van der Waals surface area (Å²) in [5.41, 5.74) is 0.616. The van der Waals surface area contributed by atoms with E-state index in [0.717, 1.165) is 0 Å². The van der Waals surface area contributed by atoms with Gasteiger partial charge in [0.15, 0.2) is 0 Å². The minimum absolute atomic E-state index is 0.119. The van der Waals surface area contributed by atoms with Crippen LogP contribution in [0.2, 0.25) is 0 Å². The molecule has 6 nitrogen and oxygen atoms in total. The van der Waals surface area contributed by atoms with Crippen molar-refractivity contribution in [1.82, 2.24) is 4.72 Å². The highest BCUT2D eigenvalue weighted by molar-refractivity contribution is 7.89. The minimum Gasteiger partial charge on any atom is -0.497 e. The van der Waals surface area contributed by atoms with Gasteiger partial charge < -0.3 is 9.57 Å². The van der Waals surface area contributed by atoms with E-state index in [4.69, 9.17) is 10.6 Å². The van der Waals surface area contributed by atoms with E-state index >= 15 is 0 Å². The molecule has 17 heavy (non-hydrogen) atoms. The Labute approximate surface area is 101 Å². The Morgan fingerprint density at radius 2 is 2.12 bits per heavy atom. The Balaban J connectivity index is 2.91. The molecule has 3 N–H and O–H groups in total. The van der Waals surface area contributed by atoms with Crippen molar-refractivity contribution in [2.24, 2.45) is 5.90 Å². The third kappa shape index (κ3) is 3.67. The summed E-state index contributed by atoms with van der Waals surface area (Å²) in [5, 5.41) is 0. The Hall–Kier alpha value is -1.15. The Kier molecular flexibility index (Phi) is 4.88. The van der Waals surface area contributed by atoms with Gasteiger partial charge in [0.1, 0.15) is 5.75 Å². The lowest BCUT2D eigenvalue weighted by molar-refractivity contribution is 0.143. The number of methoxy groups -OCH3 is 1. The van der Waals surface area contributed by atoms with E-state index in [-0.39, 0.29) is 18.0 Å². The maximum Gasteiger partial charge on any atom is 0.240 e. The molecule has 0 aromatic heterocycles. The number of rotatable bonds is 6. The van der Waals surface area contributed by atoms with Crippen molar-refractivity contribution in [3.63, 3.8) is 0 Å². The van der Waals surface area contributed by atoms with E-state index in [1.807, 2.05) is 0 Å². The summed E-state index contributed by atoms with van der Waals surface area (Å²) < 4.78 is 31.1. The molecule has 96 valence electrons. The zero-order chi connectivity index (χ0) is 12.9. The molecule has 0 unspecified atom stereocenters. The summed E-state index contributed by atoms with van der Waals surface area (Å²) in [6, 6.07) is 4.76. The highest BCUT2D eigenvalue weighted by Crippen LogP contribution is 2.20. The SMILES string of the molecule is COc1ccc(S(=O)(=O)NCCON)c(C)c1. The summed E-state index contributed by atoms with van der Waals surface area (Å²) >= 11 is 0. The van der Waals surface area contributed by atoms with Crippen LogP contribution in [0.1, 0.15) is 5.56 Å². The Morgan fingerprint density at radius 1 is 1.41 bits per heavy atom. The summed E-state index contributed by atoms with van der Waals surface area (Å²) in [7, 11) is -2.00. The number of sulfonamides is 1. The summed E-state index contributed by atoms with van der Waals surface area (Å²) in [6.07, 6.45) is 0. The van der Waals surface area contributed by atoms with Gasteiger partial charge in [0.2, 0.25) is 10.0 Å². The van der Waals surface area contributed by atoms with Crippen molar-refractivity contribution in [2.45, 2.75) is 11.8 Å². The number of hydrogen-bond donors (Lipinski definition) is 2. The number of nitrogens with one attached hydrogen (secondary N) is 1. The first-order valence-corrected chi connectivity index (χ1v) is 6.45. The first-order chi connectivity index (χ1) is 8.01. The normalized spacial score (nSPS) is 11.5. The average molecular weight is 260 g/mol. The fraction of sp³-hybridized carbons (Fsp3) is 0.400. The lowest BCUT2D eigenvalue weighted by atomic mass is 10.2. The third-order valence-corrected chi connectivity index (χ3v) is 3.80. The van der Waals surface area contributed by atoms with Gasteiger partial charge in [0, 0.05) is 6.54 Å². The zero-order valence-corrected chi connectivity index (χ0v) is 10.6. The van der Waals surface area contributed by atoms with E-state index in [2.05, 4.69) is 9.56 Å². The van der Waals surface area contributed by atoms with Crippen LogP contribution in [0.15, 0.2) is 23.1 Å². The van der Waals surface area contributed by atoms with Crippen LogP contribution < -0.4 is 15.4 Å². The van der Waals surface area contributed by atoms with Crippen LogP contribution in [0.5, 0.6) is 5.75 Å². The molecule has 0 radical (unpaired) electrons. The van der Waals surface area contributed by atoms with Gasteiger partial charge in [-0.05, 0) is 30.7 Å². The van der Waals surface area contributed by atoms with Crippen LogP contribution in [0, 0.1) is 6.92 Å². The van der Waals surface area contributed by atoms with Crippen LogP contribution in [-0.4, -0.2) is 28.7 Å². The smallest absolute Gasteiger partial charge is 0.240 e. The second kappa shape index (κ2) is 5.97. The van der Waals surface area contributed by atoms with Gasteiger partial charge in [-0.25, -0.2) is 19.0 Å². The van der Waals surface area contributed by atoms with Gasteiger partial charge in [-0.3, -0.25) is 0 Å². The standard InChI is InChI=1S/C10H16N2O4S/c1-8-7-9(15-2)3-4-10(8)17(13,14)12-5-6-16-11/h3-4,7,12H,5-6,11H2,1-2H3. The van der Waals surface area contributed by atoms with Crippen molar-refractivity contribution < 1.29 is 18.0 Å². The van der Waals surface area contributed by atoms with Gasteiger partial charge in [-0.15, -0.1) is 0 Å². The molecule has 0 bridgehead atoms. The monoisotopic (exact) mass is 260 g/mol. The van der Waals surface area contributed by atoms with Crippen molar-refractivity contribution in [3.8, 4) is 5.75 Å². The van der Waals surface area contributed by atoms with Crippen LogP contribution in [0.25, 0.3) is 0 Å². The van der Waals surface area contributed by atoms with Crippen LogP contribution in [-0.2, 0) is 14.9 Å². The van der Waals surface area contributed by atoms with Crippen molar-refractivity contribution >= 4 is 10.0 Å². The average Bonchev–Trinajstić information content (AvgIpc) is 2.28. The fourth-order valence-corrected chi connectivity index (χ4v) is 2.60. The maximum atomic E-state index is 11.9. The summed E-state index contributed by atoms with van der Waals surface area (Å²) in [4.78, 5) is 4.51. The first-order valence-electron chi connectivity index (χ1n) is 4.97. The van der Waals surface area contributed by atoms with E-state index in [0.29, 0.717) is 11.3 Å². The molecule has 0 atom stereocenters. The molecule has 0 fully saturated rings. The van der Waals surface area contributed by atoms with E-state index in [9.17, 15) is 8.42 Å². The quantitative estimate of drug-likeness (QED) is 0.562. The highest BCUT2D eigenvalue weighted by atomic mass is 32.2. The van der Waals surface area contributed by atoms with Crippen LogP contribution >= 0.6 is 0 Å². The van der Waals surface area contributed by atoms with Crippen molar-refractivity contribution in [1.29, 1.82) is 0 Å². The molecule has 1 aromatic rings. The number of benzene rings is 1. The van der Waals surface area contributed by atoms with Crippen LogP contribution in [0.3, 0.4) is 0 Å². The lowest BCUT2D eigenvalue weighted by Crippen LogP contribution is -2.28. The van der Waals surface area contributed by atoms with Gasteiger partial charge in [-0.1, -0.05) is 0 Å². The minimum atomic E-state index is -3.53. The fourth-order valence-electron chi connectivity index (χ4n) is 1.36. The second-order valence-corrected chi connectivity index (χ2v) is 5.14. The number of ether oxygens (including phenoxy) is 1. The van der Waals surface area contributed by atoms with Gasteiger partial charge in [0.25, 0.3) is 0 Å². The predicted octanol–water partition coefficient (Wildman–Crippen LogP) is 0.172. The van der Waals surface area contributed by atoms with Gasteiger partial charge in [0.05, 0.1) is 18.6 Å². The topological polar surface area (TPSA) is 90.7 Å². The summed E-state index contributed by atoms with van der Waals surface area (Å²) in [5.74, 6) is 5.43. The maximum absolute atomic E-state index is 11.9. The van der Waals surface area contributed by atoms with Crippen LogP contribution in [0.4, 0.5) is 0 Å². The van der Waals surface area contributed by atoms with Crippen molar-refractivity contribution in [2.75, 3.05) is 20.3 Å². The first kappa shape index (κ1) is 13.9. The zero-order valence-electron chi connectivity index (χ0n) is 9.76. The lowest BCUT2D eigenvalue weighted by Gasteiger charge is -2.10. The molecule has 0 saturated carbocycles. The Morgan fingerprint density at radius 3 is 2.65 bits per heavy atom. The number of aryl methyl sites for hydroxylation is 1. The van der Waals surface area contributed by atoms with Crippen molar-refractivity contribution in [3.05, 3.63) is 23.8 Å². The molecule has 0 aliphatic heterocycles. The number of nitrogens with two attached hydrogens (primary N) is 1. The molecule has 0 spiro atoms. The largest absolute Gasteiger partial charge is 0.497 e. The molecule has 0 saturated heterocycles. The molecule has 1 aromatic carbocycles. The van der Waals surface area contributed by atoms with E-state index < -0.39 is 10.0 Å². The van der Waals surface area contributed by atoms with E-state index in [1.165, 1.54) is 13.2 Å². The Bertz CT molecular complexity index is 473. The molecular weight excluding hydrogens is 244 g/mol. The van der Waals surface area contributed by atoms with Gasteiger partial charge >= 0.3 is 0 Å². The summed E-state index contributed by atoms with van der Waals surface area (Å²) in [6.45, 7) is 1.95. The van der Waals surface area contributed by atoms with E-state index in [1.54, 1.807) is 19.1 Å². The predicted molar refractivity (Wildman–Crippen MR) is 63.1 cm³/mol. The van der Waals surface area contributed by atoms with Gasteiger partial charge in [-0.2, -0.15) is 0 Å². The second-order valence-electron chi connectivity index (χ2n) is 3.40. The molecule has 0 aliphatic carbocycles. The molecule has 0 heterocycles. The third-order valence-electron chi connectivity index (χ3n) is 2.18. The molecule has 7 heteroatoms. The number of hydrogen-bond acceptors (Lipinski definition) is 5. The molecule has 0 aliphatic rings. The molecule has 0 amide bonds.